The van der Waals surface area contributed by atoms with E-state index in [4.69, 9.17) is 0 Å². The fraction of sp³-hybridized carbons (Fsp3) is 0.533. The van der Waals surface area contributed by atoms with Gasteiger partial charge in [-0.15, -0.1) is 11.3 Å². The van der Waals surface area contributed by atoms with E-state index >= 15 is 0 Å². The summed E-state index contributed by atoms with van der Waals surface area (Å²) >= 11 is 1.70. The smallest absolute Gasteiger partial charge is 0.407 e. The normalized spacial score (nSPS) is 22.3. The van der Waals surface area contributed by atoms with E-state index in [2.05, 4.69) is 27.9 Å². The van der Waals surface area contributed by atoms with E-state index in [0.29, 0.717) is 13.1 Å². The van der Waals surface area contributed by atoms with E-state index in [1.165, 1.54) is 9.78 Å². The lowest BCUT2D eigenvalue weighted by Gasteiger charge is -2.43. The molecule has 6 nitrogen and oxygen atoms in total. The Hall–Kier alpha value is -1.89. The average Bonchev–Trinajstić information content (AvgIpc) is 2.92. The molecule has 1 fully saturated rings. The van der Waals surface area contributed by atoms with Crippen LogP contribution in [0, 0.1) is 0 Å². The second-order valence-corrected chi connectivity index (χ2v) is 6.88. The van der Waals surface area contributed by atoms with Crippen molar-refractivity contribution in [3.8, 4) is 0 Å². The number of amides is 1. The van der Waals surface area contributed by atoms with Gasteiger partial charge < -0.3 is 14.9 Å². The third-order valence-electron chi connectivity index (χ3n) is 4.21. The molecule has 0 bridgehead atoms. The van der Waals surface area contributed by atoms with Crippen LogP contribution in [-0.4, -0.2) is 51.2 Å². The van der Waals surface area contributed by atoms with Gasteiger partial charge in [-0.05, 0) is 26.3 Å². The molecule has 0 aromatic carbocycles. The summed E-state index contributed by atoms with van der Waals surface area (Å²) in [5, 5.41) is 10.3. The molecule has 2 aromatic rings. The lowest BCUT2D eigenvalue weighted by atomic mass is 10.1. The third-order valence-corrected chi connectivity index (χ3v) is 5.40. The predicted octanol–water partition coefficient (Wildman–Crippen LogP) is 2.83. The lowest BCUT2D eigenvalue weighted by Crippen LogP contribution is -2.58. The fourth-order valence-electron chi connectivity index (χ4n) is 2.98. The Morgan fingerprint density at radius 3 is 2.82 bits per heavy atom. The maximum absolute atomic E-state index is 11.3. The van der Waals surface area contributed by atoms with Crippen molar-refractivity contribution in [2.24, 2.45) is 0 Å². The number of carbonyl (C=O) groups is 1. The Balaban J connectivity index is 1.97. The monoisotopic (exact) mass is 320 g/mol. The number of rotatable bonds is 2. The van der Waals surface area contributed by atoms with Gasteiger partial charge in [-0.25, -0.2) is 14.8 Å². The zero-order chi connectivity index (χ0) is 15.9. The summed E-state index contributed by atoms with van der Waals surface area (Å²) in [5.41, 5.74) is 0. The van der Waals surface area contributed by atoms with Gasteiger partial charge in [0.05, 0.1) is 5.39 Å². The average molecular weight is 320 g/mol. The molecular formula is C15H20N4O2S. The number of aryl methyl sites for hydroxylation is 1. The number of hydrogen-bond donors (Lipinski definition) is 1. The fourth-order valence-corrected chi connectivity index (χ4v) is 3.91. The number of nitrogens with zero attached hydrogens (tertiary/aromatic N) is 4. The molecule has 0 saturated carbocycles. The van der Waals surface area contributed by atoms with Crippen LogP contribution in [0.1, 0.15) is 25.6 Å². The number of anilines is 1. The number of carboxylic acid groups (broad SMARTS) is 1. The molecule has 1 amide bonds. The number of piperazine rings is 1. The van der Waals surface area contributed by atoms with E-state index in [1.54, 1.807) is 17.7 Å². The van der Waals surface area contributed by atoms with Crippen molar-refractivity contribution in [2.45, 2.75) is 39.3 Å². The molecule has 2 atom stereocenters. The van der Waals surface area contributed by atoms with Crippen molar-refractivity contribution in [2.75, 3.05) is 18.0 Å². The molecule has 0 unspecified atom stereocenters. The highest BCUT2D eigenvalue weighted by molar-refractivity contribution is 7.18. The highest BCUT2D eigenvalue weighted by Gasteiger charge is 2.33. The summed E-state index contributed by atoms with van der Waals surface area (Å²) in [6.45, 7) is 7.26. The quantitative estimate of drug-likeness (QED) is 0.921. The first-order chi connectivity index (χ1) is 10.5. The Morgan fingerprint density at radius 2 is 2.14 bits per heavy atom. The molecule has 3 heterocycles. The summed E-state index contributed by atoms with van der Waals surface area (Å²) in [4.78, 5) is 26.2. The number of hydrogen-bond acceptors (Lipinski definition) is 5. The van der Waals surface area contributed by atoms with E-state index in [1.807, 2.05) is 13.8 Å². The van der Waals surface area contributed by atoms with Gasteiger partial charge in [0.2, 0.25) is 0 Å². The highest BCUT2D eigenvalue weighted by atomic mass is 32.1. The molecule has 118 valence electrons. The van der Waals surface area contributed by atoms with Gasteiger partial charge in [0.25, 0.3) is 0 Å². The Bertz CT molecular complexity index is 702. The predicted molar refractivity (Wildman–Crippen MR) is 87.8 cm³/mol. The molecule has 0 aliphatic carbocycles. The summed E-state index contributed by atoms with van der Waals surface area (Å²) in [6, 6.07) is 2.20. The van der Waals surface area contributed by atoms with Crippen molar-refractivity contribution in [3.05, 3.63) is 17.3 Å². The minimum Gasteiger partial charge on any atom is -0.465 e. The first kappa shape index (κ1) is 15.0. The van der Waals surface area contributed by atoms with Crippen molar-refractivity contribution < 1.29 is 9.90 Å². The molecule has 3 rings (SSSR count). The SMILES string of the molecule is CCc1cc2c(N3C[C@H](C)N(C(=O)O)C[C@H]3C)ncnc2s1. The third kappa shape index (κ3) is 2.49. The summed E-state index contributed by atoms with van der Waals surface area (Å²) < 4.78 is 0. The largest absolute Gasteiger partial charge is 0.465 e. The van der Waals surface area contributed by atoms with Gasteiger partial charge in [0.15, 0.2) is 0 Å². The van der Waals surface area contributed by atoms with Crippen LogP contribution in [0.2, 0.25) is 0 Å². The zero-order valence-corrected chi connectivity index (χ0v) is 13.8. The molecule has 1 aliphatic heterocycles. The van der Waals surface area contributed by atoms with Crippen molar-refractivity contribution in [1.29, 1.82) is 0 Å². The summed E-state index contributed by atoms with van der Waals surface area (Å²) in [6.07, 6.45) is 1.74. The molecule has 1 saturated heterocycles. The molecule has 2 aromatic heterocycles. The molecule has 0 radical (unpaired) electrons. The van der Waals surface area contributed by atoms with Crippen molar-refractivity contribution >= 4 is 33.5 Å². The first-order valence-electron chi connectivity index (χ1n) is 7.50. The highest BCUT2D eigenvalue weighted by Crippen LogP contribution is 2.32. The minimum atomic E-state index is -0.851. The van der Waals surface area contributed by atoms with Crippen molar-refractivity contribution in [3.63, 3.8) is 0 Å². The topological polar surface area (TPSA) is 69.6 Å². The molecule has 7 heteroatoms. The van der Waals surface area contributed by atoms with Crippen LogP contribution in [0.3, 0.4) is 0 Å². The first-order valence-corrected chi connectivity index (χ1v) is 8.32. The Kier molecular flexibility index (Phi) is 3.90. The van der Waals surface area contributed by atoms with Gasteiger partial charge in [0, 0.05) is 30.1 Å². The van der Waals surface area contributed by atoms with Crippen LogP contribution in [0.4, 0.5) is 10.6 Å². The van der Waals surface area contributed by atoms with Gasteiger partial charge in [0.1, 0.15) is 17.0 Å². The molecule has 0 spiro atoms. The standard InChI is InChI=1S/C15H20N4O2S/c1-4-11-5-12-13(16-8-17-14(12)22-11)18-6-10(3)19(15(20)21)7-9(18)2/h5,8-10H,4,6-7H2,1-3H3,(H,20,21)/t9-,10+/m1/s1. The number of aromatic nitrogens is 2. The maximum atomic E-state index is 11.3. The second kappa shape index (κ2) is 5.72. The van der Waals surface area contributed by atoms with E-state index < -0.39 is 6.09 Å². The van der Waals surface area contributed by atoms with Crippen LogP contribution in [0.15, 0.2) is 12.4 Å². The maximum Gasteiger partial charge on any atom is 0.407 e. The van der Waals surface area contributed by atoms with E-state index in [-0.39, 0.29) is 12.1 Å². The minimum absolute atomic E-state index is 0.0528. The number of thiophene rings is 1. The molecule has 1 aliphatic rings. The van der Waals surface area contributed by atoms with Crippen LogP contribution in [0.25, 0.3) is 10.2 Å². The molecule has 22 heavy (non-hydrogen) atoms. The lowest BCUT2D eigenvalue weighted by molar-refractivity contribution is 0.114. The number of fused-ring (bicyclic) bond motifs is 1. The summed E-state index contributed by atoms with van der Waals surface area (Å²) in [7, 11) is 0. The summed E-state index contributed by atoms with van der Waals surface area (Å²) in [5.74, 6) is 0.922. The van der Waals surface area contributed by atoms with Gasteiger partial charge in [-0.1, -0.05) is 6.92 Å². The van der Waals surface area contributed by atoms with Crippen LogP contribution in [-0.2, 0) is 6.42 Å². The van der Waals surface area contributed by atoms with Gasteiger partial charge >= 0.3 is 6.09 Å². The van der Waals surface area contributed by atoms with Gasteiger partial charge in [-0.3, -0.25) is 0 Å². The van der Waals surface area contributed by atoms with Crippen LogP contribution in [0.5, 0.6) is 0 Å². The Labute approximate surface area is 133 Å². The van der Waals surface area contributed by atoms with E-state index in [0.717, 1.165) is 22.5 Å². The van der Waals surface area contributed by atoms with Crippen LogP contribution >= 0.6 is 11.3 Å². The van der Waals surface area contributed by atoms with Crippen molar-refractivity contribution in [1.82, 2.24) is 14.9 Å². The molecular weight excluding hydrogens is 300 g/mol. The second-order valence-electron chi connectivity index (χ2n) is 5.77. The van der Waals surface area contributed by atoms with Crippen LogP contribution < -0.4 is 4.90 Å². The molecule has 1 N–H and O–H groups in total. The zero-order valence-electron chi connectivity index (χ0n) is 13.0. The van der Waals surface area contributed by atoms with E-state index in [9.17, 15) is 9.90 Å². The Morgan fingerprint density at radius 1 is 1.36 bits per heavy atom. The van der Waals surface area contributed by atoms with Gasteiger partial charge in [-0.2, -0.15) is 0 Å².